The van der Waals surface area contributed by atoms with Crippen LogP contribution in [-0.2, 0) is 6.42 Å². The molecule has 0 unspecified atom stereocenters. The van der Waals surface area contributed by atoms with Crippen LogP contribution in [0.1, 0.15) is 11.1 Å². The molecule has 2 aromatic carbocycles. The van der Waals surface area contributed by atoms with Gasteiger partial charge in [0.1, 0.15) is 11.5 Å². The minimum absolute atomic E-state index is 0.0502. The van der Waals surface area contributed by atoms with Gasteiger partial charge in [-0.2, -0.15) is 0 Å². The lowest BCUT2D eigenvalue weighted by Gasteiger charge is -2.04. The largest absolute Gasteiger partial charge is 0.507 e. The molecule has 0 aliphatic heterocycles. The highest BCUT2D eigenvalue weighted by Gasteiger charge is 2.14. The quantitative estimate of drug-likeness (QED) is 0.669. The standard InChI is InChI=1S/C16H14ClNO4/c1-22-15-4-2-3-11(8-15)7-14(18(20)21)10-12-9-13(17)5-6-16(12)19/h2-6,8-10,19H,7H2,1H3. The monoisotopic (exact) mass is 319 g/mol. The number of methoxy groups -OCH3 is 1. The molecule has 2 rings (SSSR count). The van der Waals surface area contributed by atoms with Gasteiger partial charge in [-0.05, 0) is 35.9 Å². The summed E-state index contributed by atoms with van der Waals surface area (Å²) in [5.41, 5.74) is 0.997. The van der Waals surface area contributed by atoms with Crippen LogP contribution in [-0.4, -0.2) is 17.1 Å². The molecule has 6 heteroatoms. The van der Waals surface area contributed by atoms with Crippen LogP contribution in [0.15, 0.2) is 48.2 Å². The van der Waals surface area contributed by atoms with Crippen molar-refractivity contribution in [1.82, 2.24) is 0 Å². The van der Waals surface area contributed by atoms with E-state index < -0.39 is 4.92 Å². The molecule has 0 amide bonds. The highest BCUT2D eigenvalue weighted by atomic mass is 35.5. The smallest absolute Gasteiger partial charge is 0.251 e. The Balaban J connectivity index is 2.35. The van der Waals surface area contributed by atoms with Gasteiger partial charge in [0.25, 0.3) is 5.70 Å². The van der Waals surface area contributed by atoms with Crippen LogP contribution in [0.5, 0.6) is 11.5 Å². The average molecular weight is 320 g/mol. The lowest BCUT2D eigenvalue weighted by molar-refractivity contribution is -0.425. The van der Waals surface area contributed by atoms with E-state index in [2.05, 4.69) is 0 Å². The van der Waals surface area contributed by atoms with E-state index >= 15 is 0 Å². The summed E-state index contributed by atoms with van der Waals surface area (Å²) >= 11 is 5.85. The molecule has 1 N–H and O–H groups in total. The Labute approximate surface area is 132 Å². The molecule has 22 heavy (non-hydrogen) atoms. The molecule has 2 aromatic rings. The minimum Gasteiger partial charge on any atom is -0.507 e. The maximum absolute atomic E-state index is 11.3. The van der Waals surface area contributed by atoms with Gasteiger partial charge in [0.15, 0.2) is 0 Å². The van der Waals surface area contributed by atoms with Gasteiger partial charge in [-0.15, -0.1) is 0 Å². The molecular weight excluding hydrogens is 306 g/mol. The van der Waals surface area contributed by atoms with Gasteiger partial charge >= 0.3 is 0 Å². The second kappa shape index (κ2) is 6.95. The predicted octanol–water partition coefficient (Wildman–Crippen LogP) is 3.91. The Morgan fingerprint density at radius 2 is 2.14 bits per heavy atom. The molecule has 114 valence electrons. The maximum Gasteiger partial charge on any atom is 0.251 e. The minimum atomic E-state index is -0.472. The number of allylic oxidation sites excluding steroid dienone is 1. The number of aromatic hydroxyl groups is 1. The highest BCUT2D eigenvalue weighted by Crippen LogP contribution is 2.25. The van der Waals surface area contributed by atoms with Crippen LogP contribution in [0.4, 0.5) is 0 Å². The number of ether oxygens (including phenoxy) is 1. The molecular formula is C16H14ClNO4. The Morgan fingerprint density at radius 3 is 2.82 bits per heavy atom. The van der Waals surface area contributed by atoms with E-state index in [1.807, 2.05) is 0 Å². The van der Waals surface area contributed by atoms with Gasteiger partial charge < -0.3 is 9.84 Å². The zero-order valence-electron chi connectivity index (χ0n) is 11.8. The first-order valence-corrected chi connectivity index (χ1v) is 6.84. The number of hydrogen-bond donors (Lipinski definition) is 1. The first-order chi connectivity index (χ1) is 10.5. The van der Waals surface area contributed by atoms with Crippen molar-refractivity contribution >= 4 is 17.7 Å². The van der Waals surface area contributed by atoms with Crippen molar-refractivity contribution in [1.29, 1.82) is 0 Å². The molecule has 0 aromatic heterocycles. The summed E-state index contributed by atoms with van der Waals surface area (Å²) < 4.78 is 5.10. The molecule has 5 nitrogen and oxygen atoms in total. The fourth-order valence-electron chi connectivity index (χ4n) is 1.98. The van der Waals surface area contributed by atoms with Crippen LogP contribution >= 0.6 is 11.6 Å². The zero-order valence-corrected chi connectivity index (χ0v) is 12.6. The van der Waals surface area contributed by atoms with Gasteiger partial charge in [-0.1, -0.05) is 23.7 Å². The second-order valence-electron chi connectivity index (χ2n) is 4.62. The van der Waals surface area contributed by atoms with Crippen LogP contribution in [0, 0.1) is 10.1 Å². The van der Waals surface area contributed by atoms with Gasteiger partial charge in [0.05, 0.1) is 18.5 Å². The van der Waals surface area contributed by atoms with E-state index in [4.69, 9.17) is 16.3 Å². The van der Waals surface area contributed by atoms with E-state index in [0.29, 0.717) is 16.3 Å². The third-order valence-corrected chi connectivity index (χ3v) is 3.30. The SMILES string of the molecule is COc1cccc(CC(=Cc2cc(Cl)ccc2O)[N+](=O)[O-])c1. The Bertz CT molecular complexity index is 728. The lowest BCUT2D eigenvalue weighted by Crippen LogP contribution is -2.02. The van der Waals surface area contributed by atoms with Crippen LogP contribution < -0.4 is 4.74 Å². The second-order valence-corrected chi connectivity index (χ2v) is 5.06. The summed E-state index contributed by atoms with van der Waals surface area (Å²) in [6, 6.07) is 11.4. The fourth-order valence-corrected chi connectivity index (χ4v) is 2.16. The van der Waals surface area contributed by atoms with Crippen molar-refractivity contribution in [3.8, 4) is 11.5 Å². The fraction of sp³-hybridized carbons (Fsp3) is 0.125. The number of benzene rings is 2. The Morgan fingerprint density at radius 1 is 1.36 bits per heavy atom. The van der Waals surface area contributed by atoms with Gasteiger partial charge in [0, 0.05) is 16.7 Å². The summed E-state index contributed by atoms with van der Waals surface area (Å²) in [4.78, 5) is 10.8. The molecule has 0 spiro atoms. The normalized spacial score (nSPS) is 11.3. The molecule has 0 aliphatic rings. The average Bonchev–Trinajstić information content (AvgIpc) is 2.50. The molecule has 0 saturated carbocycles. The number of nitrogens with zero attached hydrogens (tertiary/aromatic N) is 1. The molecule has 0 heterocycles. The zero-order chi connectivity index (χ0) is 16.1. The van der Waals surface area contributed by atoms with Crippen LogP contribution in [0.2, 0.25) is 5.02 Å². The molecule has 0 bridgehead atoms. The number of phenols is 1. The lowest BCUT2D eigenvalue weighted by atomic mass is 10.1. The predicted molar refractivity (Wildman–Crippen MR) is 84.8 cm³/mol. The number of halogens is 1. The van der Waals surface area contributed by atoms with E-state index in [-0.39, 0.29) is 17.9 Å². The van der Waals surface area contributed by atoms with Crippen molar-refractivity contribution in [2.75, 3.05) is 7.11 Å². The first-order valence-electron chi connectivity index (χ1n) is 6.46. The van der Waals surface area contributed by atoms with Crippen molar-refractivity contribution in [2.24, 2.45) is 0 Å². The first kappa shape index (κ1) is 15.9. The van der Waals surface area contributed by atoms with E-state index in [1.165, 1.54) is 31.4 Å². The molecule has 0 radical (unpaired) electrons. The molecule has 0 aliphatic carbocycles. The van der Waals surface area contributed by atoms with E-state index in [0.717, 1.165) is 5.56 Å². The summed E-state index contributed by atoms with van der Waals surface area (Å²) in [5, 5.41) is 21.4. The number of phenolic OH excluding ortho intramolecular Hbond substituents is 1. The van der Waals surface area contributed by atoms with Gasteiger partial charge in [0.2, 0.25) is 0 Å². The summed E-state index contributed by atoms with van der Waals surface area (Å²) in [7, 11) is 1.54. The molecule has 0 saturated heterocycles. The summed E-state index contributed by atoms with van der Waals surface area (Å²) in [6.07, 6.45) is 1.43. The number of nitro groups is 1. The maximum atomic E-state index is 11.3. The highest BCUT2D eigenvalue weighted by molar-refractivity contribution is 6.30. The third-order valence-electron chi connectivity index (χ3n) is 3.07. The van der Waals surface area contributed by atoms with Gasteiger partial charge in [-0.25, -0.2) is 0 Å². The third kappa shape index (κ3) is 3.99. The van der Waals surface area contributed by atoms with E-state index in [9.17, 15) is 15.2 Å². The Kier molecular flexibility index (Phi) is 5.01. The van der Waals surface area contributed by atoms with Crippen molar-refractivity contribution in [3.05, 3.63) is 74.4 Å². The van der Waals surface area contributed by atoms with Crippen molar-refractivity contribution in [3.63, 3.8) is 0 Å². The van der Waals surface area contributed by atoms with E-state index in [1.54, 1.807) is 24.3 Å². The van der Waals surface area contributed by atoms with Crippen molar-refractivity contribution in [2.45, 2.75) is 6.42 Å². The number of hydrogen-bond acceptors (Lipinski definition) is 4. The van der Waals surface area contributed by atoms with Crippen LogP contribution in [0.25, 0.3) is 6.08 Å². The van der Waals surface area contributed by atoms with Crippen LogP contribution in [0.3, 0.4) is 0 Å². The van der Waals surface area contributed by atoms with Crippen molar-refractivity contribution < 1.29 is 14.8 Å². The molecule has 0 fully saturated rings. The Hall–Kier alpha value is -2.53. The summed E-state index contributed by atoms with van der Waals surface area (Å²) in [5.74, 6) is 0.570. The molecule has 0 atom stereocenters. The number of rotatable bonds is 5. The summed E-state index contributed by atoms with van der Waals surface area (Å²) in [6.45, 7) is 0. The van der Waals surface area contributed by atoms with Gasteiger partial charge in [-0.3, -0.25) is 10.1 Å². The topological polar surface area (TPSA) is 72.6 Å².